The van der Waals surface area contributed by atoms with Gasteiger partial charge in [-0.05, 0) is 30.3 Å². The first-order chi connectivity index (χ1) is 9.04. The molecule has 0 bridgehead atoms. The fourth-order valence-electron chi connectivity index (χ4n) is 1.79. The third-order valence-electron chi connectivity index (χ3n) is 2.72. The lowest BCUT2D eigenvalue weighted by atomic mass is 10.2. The van der Waals surface area contributed by atoms with Crippen LogP contribution in [0.3, 0.4) is 0 Å². The Morgan fingerprint density at radius 2 is 1.68 bits per heavy atom. The van der Waals surface area contributed by atoms with E-state index in [4.69, 9.17) is 34.8 Å². The SMILES string of the molecule is Fc1cc(-c2nc3cc(Cl)c(Cl)cc3[nH]2)ccc1Cl. The molecular weight excluding hydrogens is 310 g/mol. The minimum Gasteiger partial charge on any atom is -0.338 e. The van der Waals surface area contributed by atoms with Crippen molar-refractivity contribution in [3.63, 3.8) is 0 Å². The van der Waals surface area contributed by atoms with E-state index in [0.29, 0.717) is 26.9 Å². The van der Waals surface area contributed by atoms with Crippen molar-refractivity contribution in [1.82, 2.24) is 9.97 Å². The summed E-state index contributed by atoms with van der Waals surface area (Å²) >= 11 is 17.5. The van der Waals surface area contributed by atoms with E-state index in [9.17, 15) is 4.39 Å². The van der Waals surface area contributed by atoms with Crippen LogP contribution in [0.1, 0.15) is 0 Å². The van der Waals surface area contributed by atoms with Crippen molar-refractivity contribution < 1.29 is 4.39 Å². The molecule has 0 atom stereocenters. The van der Waals surface area contributed by atoms with Crippen molar-refractivity contribution in [3.05, 3.63) is 51.2 Å². The van der Waals surface area contributed by atoms with Crippen molar-refractivity contribution in [2.75, 3.05) is 0 Å². The number of aromatic amines is 1. The smallest absolute Gasteiger partial charge is 0.142 e. The molecule has 0 saturated carbocycles. The summed E-state index contributed by atoms with van der Waals surface area (Å²) in [5, 5.41) is 0.937. The molecule has 0 fully saturated rings. The van der Waals surface area contributed by atoms with Gasteiger partial charge in [-0.1, -0.05) is 34.8 Å². The molecule has 19 heavy (non-hydrogen) atoms. The molecule has 0 saturated heterocycles. The number of benzene rings is 2. The van der Waals surface area contributed by atoms with Crippen LogP contribution in [0.15, 0.2) is 30.3 Å². The zero-order valence-electron chi connectivity index (χ0n) is 9.35. The predicted molar refractivity (Wildman–Crippen MR) is 76.5 cm³/mol. The molecule has 0 radical (unpaired) electrons. The number of hydrogen-bond acceptors (Lipinski definition) is 1. The zero-order valence-corrected chi connectivity index (χ0v) is 11.6. The highest BCUT2D eigenvalue weighted by molar-refractivity contribution is 6.42. The molecular formula is C13H6Cl3FN2. The summed E-state index contributed by atoms with van der Waals surface area (Å²) in [5.74, 6) is 0.0413. The van der Waals surface area contributed by atoms with E-state index in [1.807, 2.05) is 0 Å². The van der Waals surface area contributed by atoms with Crippen LogP contribution in [-0.2, 0) is 0 Å². The quantitative estimate of drug-likeness (QED) is 0.646. The molecule has 3 aromatic rings. The minimum absolute atomic E-state index is 0.0750. The molecule has 1 heterocycles. The average Bonchev–Trinajstić information content (AvgIpc) is 2.76. The number of hydrogen-bond donors (Lipinski definition) is 1. The number of halogens is 4. The highest BCUT2D eigenvalue weighted by Crippen LogP contribution is 2.29. The van der Waals surface area contributed by atoms with Gasteiger partial charge in [0.2, 0.25) is 0 Å². The normalized spacial score (nSPS) is 11.2. The Morgan fingerprint density at radius 1 is 0.947 bits per heavy atom. The van der Waals surface area contributed by atoms with E-state index in [1.54, 1.807) is 18.2 Å². The summed E-state index contributed by atoms with van der Waals surface area (Å²) in [7, 11) is 0. The maximum Gasteiger partial charge on any atom is 0.142 e. The molecule has 96 valence electrons. The molecule has 0 unspecified atom stereocenters. The highest BCUT2D eigenvalue weighted by atomic mass is 35.5. The zero-order chi connectivity index (χ0) is 13.6. The van der Waals surface area contributed by atoms with Crippen LogP contribution in [-0.4, -0.2) is 9.97 Å². The summed E-state index contributed by atoms with van der Waals surface area (Å²) in [6.45, 7) is 0. The van der Waals surface area contributed by atoms with Crippen LogP contribution in [0.4, 0.5) is 4.39 Å². The van der Waals surface area contributed by atoms with Gasteiger partial charge in [0.05, 0.1) is 26.1 Å². The lowest BCUT2D eigenvalue weighted by molar-refractivity contribution is 0.628. The molecule has 2 aromatic carbocycles. The Balaban J connectivity index is 2.17. The molecule has 0 aliphatic carbocycles. The molecule has 2 nitrogen and oxygen atoms in total. The van der Waals surface area contributed by atoms with Gasteiger partial charge in [-0.15, -0.1) is 0 Å². The van der Waals surface area contributed by atoms with Gasteiger partial charge in [-0.25, -0.2) is 9.37 Å². The van der Waals surface area contributed by atoms with E-state index in [2.05, 4.69) is 9.97 Å². The Hall–Kier alpha value is -1.29. The third kappa shape index (κ3) is 2.29. The second kappa shape index (κ2) is 4.67. The molecule has 0 aliphatic heterocycles. The van der Waals surface area contributed by atoms with E-state index < -0.39 is 5.82 Å². The van der Waals surface area contributed by atoms with E-state index in [1.165, 1.54) is 12.1 Å². The Labute approximate surface area is 123 Å². The lowest BCUT2D eigenvalue weighted by Crippen LogP contribution is -1.83. The monoisotopic (exact) mass is 314 g/mol. The summed E-state index contributed by atoms with van der Waals surface area (Å²) in [4.78, 5) is 7.41. The lowest BCUT2D eigenvalue weighted by Gasteiger charge is -1.98. The molecule has 1 N–H and O–H groups in total. The highest BCUT2D eigenvalue weighted by Gasteiger charge is 2.10. The fourth-order valence-corrected chi connectivity index (χ4v) is 2.22. The van der Waals surface area contributed by atoms with Crippen LogP contribution in [0.25, 0.3) is 22.4 Å². The van der Waals surface area contributed by atoms with Crippen LogP contribution in [0.2, 0.25) is 15.1 Å². The van der Waals surface area contributed by atoms with Gasteiger partial charge in [-0.3, -0.25) is 0 Å². The maximum absolute atomic E-state index is 13.4. The molecule has 6 heteroatoms. The Kier molecular flexibility index (Phi) is 3.13. The summed E-state index contributed by atoms with van der Waals surface area (Å²) in [6.07, 6.45) is 0. The Morgan fingerprint density at radius 3 is 2.42 bits per heavy atom. The van der Waals surface area contributed by atoms with E-state index in [-0.39, 0.29) is 5.02 Å². The number of nitrogens with zero attached hydrogens (tertiary/aromatic N) is 1. The van der Waals surface area contributed by atoms with Crippen LogP contribution >= 0.6 is 34.8 Å². The number of H-pyrrole nitrogens is 1. The van der Waals surface area contributed by atoms with E-state index in [0.717, 1.165) is 5.52 Å². The van der Waals surface area contributed by atoms with Gasteiger partial charge in [0.1, 0.15) is 11.6 Å². The Bertz CT molecular complexity index is 744. The van der Waals surface area contributed by atoms with Crippen LogP contribution in [0, 0.1) is 5.82 Å². The number of imidazole rings is 1. The first-order valence-corrected chi connectivity index (χ1v) is 6.48. The third-order valence-corrected chi connectivity index (χ3v) is 3.75. The predicted octanol–water partition coefficient (Wildman–Crippen LogP) is 5.33. The van der Waals surface area contributed by atoms with Gasteiger partial charge in [0.15, 0.2) is 0 Å². The van der Waals surface area contributed by atoms with Gasteiger partial charge < -0.3 is 4.98 Å². The molecule has 1 aromatic heterocycles. The number of aromatic nitrogens is 2. The second-order valence-corrected chi connectivity index (χ2v) is 5.22. The van der Waals surface area contributed by atoms with Crippen LogP contribution < -0.4 is 0 Å². The van der Waals surface area contributed by atoms with Gasteiger partial charge in [-0.2, -0.15) is 0 Å². The van der Waals surface area contributed by atoms with E-state index >= 15 is 0 Å². The van der Waals surface area contributed by atoms with Crippen molar-refractivity contribution in [1.29, 1.82) is 0 Å². The average molecular weight is 316 g/mol. The second-order valence-electron chi connectivity index (χ2n) is 4.00. The van der Waals surface area contributed by atoms with Gasteiger partial charge in [0.25, 0.3) is 0 Å². The van der Waals surface area contributed by atoms with Crippen molar-refractivity contribution in [2.45, 2.75) is 0 Å². The summed E-state index contributed by atoms with van der Waals surface area (Å²) in [6, 6.07) is 7.84. The fraction of sp³-hybridized carbons (Fsp3) is 0. The number of nitrogens with one attached hydrogen (secondary N) is 1. The number of rotatable bonds is 1. The molecule has 3 rings (SSSR count). The first-order valence-electron chi connectivity index (χ1n) is 5.35. The first kappa shape index (κ1) is 12.7. The molecule has 0 spiro atoms. The van der Waals surface area contributed by atoms with Crippen LogP contribution in [0.5, 0.6) is 0 Å². The van der Waals surface area contributed by atoms with Crippen molar-refractivity contribution in [2.24, 2.45) is 0 Å². The van der Waals surface area contributed by atoms with Gasteiger partial charge in [0, 0.05) is 5.56 Å². The van der Waals surface area contributed by atoms with Crippen molar-refractivity contribution in [3.8, 4) is 11.4 Å². The molecule has 0 aliphatic rings. The summed E-state index contributed by atoms with van der Waals surface area (Å²) < 4.78 is 13.4. The largest absolute Gasteiger partial charge is 0.338 e. The molecule has 0 amide bonds. The number of fused-ring (bicyclic) bond motifs is 1. The maximum atomic E-state index is 13.4. The standard InChI is InChI=1S/C13H6Cl3FN2/c14-7-2-1-6(3-10(7)17)13-18-11-4-8(15)9(16)5-12(11)19-13/h1-5H,(H,18,19). The van der Waals surface area contributed by atoms with Gasteiger partial charge >= 0.3 is 0 Å². The summed E-state index contributed by atoms with van der Waals surface area (Å²) in [5.41, 5.74) is 2.00. The topological polar surface area (TPSA) is 28.7 Å². The minimum atomic E-state index is -0.490. The van der Waals surface area contributed by atoms with Crippen molar-refractivity contribution >= 4 is 45.8 Å².